The van der Waals surface area contributed by atoms with Gasteiger partial charge in [0.1, 0.15) is 6.61 Å². The Morgan fingerprint density at radius 2 is 1.37 bits per heavy atom. The van der Waals surface area contributed by atoms with Gasteiger partial charge in [-0.2, -0.15) is 0 Å². The first-order valence-corrected chi connectivity index (χ1v) is 15.2. The normalized spacial score (nSPS) is 13.7. The largest absolute Gasteiger partial charge is 0.472 e. The number of nitrogens with one attached hydrogen (secondary N) is 1. The molecule has 0 aliphatic carbocycles. The number of amides is 1. The lowest BCUT2D eigenvalue weighted by molar-refractivity contribution is -0.144. The molecule has 0 aromatic rings. The van der Waals surface area contributed by atoms with E-state index >= 15 is 0 Å². The molecule has 0 radical (unpaired) electrons. The molecular formula is C28H49N2O7P. The smallest absolute Gasteiger partial charge is 0.464 e. The molecule has 0 heterocycles. The Hall–Kier alpha value is -2.03. The summed E-state index contributed by atoms with van der Waals surface area (Å²) in [5.74, 6) is -0.555. The number of carbonyl (C=O) groups excluding carboxylic acids is 2. The van der Waals surface area contributed by atoms with Gasteiger partial charge in [-0.25, -0.2) is 4.57 Å². The first kappa shape index (κ1) is 36.0. The van der Waals surface area contributed by atoms with Crippen molar-refractivity contribution < 1.29 is 32.8 Å². The standard InChI is InChI=1S/C28H49N2O7P/c1-2-3-4-5-6-7-8-9-10-11-12-13-14-15-16-17-18-20-27(31)30-23-26-35-28(32)21-19-24-36-38(33,34)37-25-22-29/h6-7,9-10,12-13,15-16H,2-5,8,11,14,17-26,29H2,1H3,(H,30,31)(H,33,34)/b7-6-,10-9-,13-12-,16-15-. The first-order valence-electron chi connectivity index (χ1n) is 13.8. The fourth-order valence-corrected chi connectivity index (χ4v) is 3.83. The predicted octanol–water partition coefficient (Wildman–Crippen LogP) is 5.66. The van der Waals surface area contributed by atoms with Crippen molar-refractivity contribution in [2.24, 2.45) is 5.73 Å². The van der Waals surface area contributed by atoms with Crippen LogP contribution in [0.5, 0.6) is 0 Å². The Morgan fingerprint density at radius 3 is 1.97 bits per heavy atom. The quantitative estimate of drug-likeness (QED) is 0.0567. The zero-order chi connectivity index (χ0) is 28.2. The molecule has 9 nitrogen and oxygen atoms in total. The molecule has 0 spiro atoms. The molecule has 218 valence electrons. The molecule has 0 rings (SSSR count). The van der Waals surface area contributed by atoms with Gasteiger partial charge in [0.25, 0.3) is 0 Å². The summed E-state index contributed by atoms with van der Waals surface area (Å²) in [5, 5.41) is 2.72. The minimum Gasteiger partial charge on any atom is -0.464 e. The van der Waals surface area contributed by atoms with E-state index in [4.69, 9.17) is 15.0 Å². The Morgan fingerprint density at radius 1 is 0.789 bits per heavy atom. The minimum absolute atomic E-state index is 0.0277. The zero-order valence-corrected chi connectivity index (χ0v) is 24.0. The van der Waals surface area contributed by atoms with Gasteiger partial charge < -0.3 is 20.7 Å². The van der Waals surface area contributed by atoms with Gasteiger partial charge in [-0.1, -0.05) is 68.4 Å². The molecule has 0 bridgehead atoms. The van der Waals surface area contributed by atoms with Crippen molar-refractivity contribution in [3.8, 4) is 0 Å². The second kappa shape index (κ2) is 26.6. The number of rotatable bonds is 25. The van der Waals surface area contributed by atoms with Crippen LogP contribution in [-0.2, 0) is 27.9 Å². The molecule has 0 saturated heterocycles. The number of allylic oxidation sites excluding steroid dienone is 8. The fraction of sp³-hybridized carbons (Fsp3) is 0.643. The fourth-order valence-electron chi connectivity index (χ4n) is 3.06. The van der Waals surface area contributed by atoms with Crippen LogP contribution in [0.2, 0.25) is 0 Å². The van der Waals surface area contributed by atoms with Gasteiger partial charge in [0, 0.05) is 19.4 Å². The third-order valence-electron chi connectivity index (χ3n) is 5.07. The highest BCUT2D eigenvalue weighted by Crippen LogP contribution is 2.42. The molecule has 38 heavy (non-hydrogen) atoms. The highest BCUT2D eigenvalue weighted by molar-refractivity contribution is 7.47. The lowest BCUT2D eigenvalue weighted by Gasteiger charge is -2.11. The molecule has 0 aliphatic heterocycles. The van der Waals surface area contributed by atoms with Crippen LogP contribution in [0, 0.1) is 0 Å². The highest BCUT2D eigenvalue weighted by atomic mass is 31.2. The summed E-state index contributed by atoms with van der Waals surface area (Å²) in [4.78, 5) is 32.8. The Labute approximate surface area is 229 Å². The van der Waals surface area contributed by atoms with Crippen molar-refractivity contribution in [3.05, 3.63) is 48.6 Å². The molecule has 4 N–H and O–H groups in total. The average Bonchev–Trinajstić information content (AvgIpc) is 2.89. The zero-order valence-electron chi connectivity index (χ0n) is 23.1. The van der Waals surface area contributed by atoms with Crippen molar-refractivity contribution in [2.75, 3.05) is 32.9 Å². The van der Waals surface area contributed by atoms with Crippen LogP contribution >= 0.6 is 7.82 Å². The van der Waals surface area contributed by atoms with Crippen LogP contribution < -0.4 is 11.1 Å². The third kappa shape index (κ3) is 27.0. The number of unbranched alkanes of at least 4 members (excludes halogenated alkanes) is 4. The van der Waals surface area contributed by atoms with Crippen LogP contribution in [-0.4, -0.2) is 49.7 Å². The van der Waals surface area contributed by atoms with E-state index in [-0.39, 0.29) is 51.7 Å². The van der Waals surface area contributed by atoms with Crippen molar-refractivity contribution in [1.29, 1.82) is 0 Å². The lowest BCUT2D eigenvalue weighted by Crippen LogP contribution is -2.27. The van der Waals surface area contributed by atoms with Gasteiger partial charge in [0.05, 0.1) is 19.8 Å². The summed E-state index contributed by atoms with van der Waals surface area (Å²) in [7, 11) is -4.13. The van der Waals surface area contributed by atoms with Crippen LogP contribution in [0.25, 0.3) is 0 Å². The summed E-state index contributed by atoms with van der Waals surface area (Å²) >= 11 is 0. The second-order valence-electron chi connectivity index (χ2n) is 8.58. The molecule has 1 amide bonds. The maximum absolute atomic E-state index is 11.8. The number of phosphoric ester groups is 1. The number of nitrogens with two attached hydrogens (primary N) is 1. The van der Waals surface area contributed by atoms with E-state index in [9.17, 15) is 19.0 Å². The first-order chi connectivity index (χ1) is 18.4. The summed E-state index contributed by atoms with van der Waals surface area (Å²) < 4.78 is 25.7. The predicted molar refractivity (Wildman–Crippen MR) is 152 cm³/mol. The molecule has 0 fully saturated rings. The van der Waals surface area contributed by atoms with Crippen LogP contribution in [0.1, 0.15) is 84.0 Å². The van der Waals surface area contributed by atoms with E-state index in [1.807, 2.05) is 0 Å². The topological polar surface area (TPSA) is 137 Å². The van der Waals surface area contributed by atoms with Gasteiger partial charge in [0.2, 0.25) is 5.91 Å². The molecule has 0 saturated carbocycles. The SMILES string of the molecule is CCCCC/C=C\C/C=C\C/C=C\C/C=C\CCCC(=O)NCCOC(=O)CCCOP(=O)(O)OCCN. The molecular weight excluding hydrogens is 507 g/mol. The molecule has 10 heteroatoms. The lowest BCUT2D eigenvalue weighted by atomic mass is 10.2. The molecule has 1 atom stereocenters. The van der Waals surface area contributed by atoms with Crippen molar-refractivity contribution in [2.45, 2.75) is 84.0 Å². The monoisotopic (exact) mass is 556 g/mol. The average molecular weight is 557 g/mol. The summed E-state index contributed by atoms with van der Waals surface area (Å²) in [5.41, 5.74) is 5.18. The number of carbonyl (C=O) groups is 2. The van der Waals surface area contributed by atoms with E-state index < -0.39 is 13.8 Å². The number of esters is 1. The van der Waals surface area contributed by atoms with Crippen molar-refractivity contribution >= 4 is 19.7 Å². The highest BCUT2D eigenvalue weighted by Gasteiger charge is 2.20. The number of phosphoric acid groups is 1. The van der Waals surface area contributed by atoms with E-state index in [0.717, 1.165) is 32.1 Å². The van der Waals surface area contributed by atoms with Crippen LogP contribution in [0.15, 0.2) is 48.6 Å². The molecule has 0 aliphatic rings. The van der Waals surface area contributed by atoms with Gasteiger partial charge in [-0.05, 0) is 51.4 Å². The number of hydrogen-bond acceptors (Lipinski definition) is 7. The third-order valence-corrected chi connectivity index (χ3v) is 6.09. The summed E-state index contributed by atoms with van der Waals surface area (Å²) in [6.07, 6.45) is 27.5. The van der Waals surface area contributed by atoms with Crippen LogP contribution in [0.4, 0.5) is 0 Å². The Balaban J connectivity index is 3.60. The molecule has 0 aromatic heterocycles. The van der Waals surface area contributed by atoms with E-state index in [1.54, 1.807) is 0 Å². The van der Waals surface area contributed by atoms with E-state index in [1.165, 1.54) is 25.7 Å². The van der Waals surface area contributed by atoms with E-state index in [0.29, 0.717) is 6.42 Å². The Kier molecular flexibility index (Phi) is 25.2. The van der Waals surface area contributed by atoms with Crippen LogP contribution in [0.3, 0.4) is 0 Å². The van der Waals surface area contributed by atoms with E-state index in [2.05, 4.69) is 65.4 Å². The summed E-state index contributed by atoms with van der Waals surface area (Å²) in [6, 6.07) is 0. The van der Waals surface area contributed by atoms with Gasteiger partial charge in [-0.3, -0.25) is 18.6 Å². The van der Waals surface area contributed by atoms with Crippen molar-refractivity contribution in [1.82, 2.24) is 5.32 Å². The maximum atomic E-state index is 11.8. The minimum atomic E-state index is -4.13. The van der Waals surface area contributed by atoms with Crippen molar-refractivity contribution in [3.63, 3.8) is 0 Å². The van der Waals surface area contributed by atoms with Gasteiger partial charge in [-0.15, -0.1) is 0 Å². The maximum Gasteiger partial charge on any atom is 0.472 e. The summed E-state index contributed by atoms with van der Waals surface area (Å²) in [6.45, 7) is 2.42. The molecule has 1 unspecified atom stereocenters. The van der Waals surface area contributed by atoms with Gasteiger partial charge >= 0.3 is 13.8 Å². The Bertz CT molecular complexity index is 766. The van der Waals surface area contributed by atoms with Gasteiger partial charge in [0.15, 0.2) is 0 Å². The number of ether oxygens (including phenoxy) is 1. The second-order valence-corrected chi connectivity index (χ2v) is 10.0. The number of hydrogen-bond donors (Lipinski definition) is 3. The molecule has 0 aromatic carbocycles.